The summed E-state index contributed by atoms with van der Waals surface area (Å²) < 4.78 is 0. The van der Waals surface area contributed by atoms with Crippen molar-refractivity contribution in [2.75, 3.05) is 13.1 Å². The van der Waals surface area contributed by atoms with E-state index in [0.717, 1.165) is 25.0 Å². The Balaban J connectivity index is 0.00000220. The highest BCUT2D eigenvalue weighted by atomic mass is 127. The molecule has 1 aliphatic carbocycles. The van der Waals surface area contributed by atoms with Gasteiger partial charge in [-0.2, -0.15) is 0 Å². The lowest BCUT2D eigenvalue weighted by Gasteiger charge is -2.19. The molecule has 0 aromatic heterocycles. The third kappa shape index (κ3) is 6.24. The second-order valence-corrected chi connectivity index (χ2v) is 5.72. The molecule has 1 saturated carbocycles. The molecule has 21 heavy (non-hydrogen) atoms. The topological polar surface area (TPSA) is 36.4 Å². The molecule has 0 bridgehead atoms. The molecule has 1 aliphatic rings. The van der Waals surface area contributed by atoms with Gasteiger partial charge in [-0.1, -0.05) is 37.1 Å². The van der Waals surface area contributed by atoms with E-state index < -0.39 is 0 Å². The standard InChI is InChI=1S/C17H27N3.HI/c1-4-18-17(19-12-11-15-9-10-15)20-14(3)16-8-6-5-7-13(16)2;/h5-8,14-15H,4,9-12H2,1-3H3,(H2,18,19,20);1H. The lowest BCUT2D eigenvalue weighted by molar-refractivity contribution is 0.672. The number of benzene rings is 1. The van der Waals surface area contributed by atoms with Gasteiger partial charge >= 0.3 is 0 Å². The first-order chi connectivity index (χ1) is 9.70. The van der Waals surface area contributed by atoms with Crippen LogP contribution in [0.5, 0.6) is 0 Å². The Labute approximate surface area is 146 Å². The molecule has 3 nitrogen and oxygen atoms in total. The van der Waals surface area contributed by atoms with E-state index in [1.54, 1.807) is 0 Å². The molecule has 2 rings (SSSR count). The van der Waals surface area contributed by atoms with E-state index in [1.807, 2.05) is 0 Å². The molecule has 0 heterocycles. The molecular weight excluding hydrogens is 373 g/mol. The molecule has 1 unspecified atom stereocenters. The Bertz CT molecular complexity index is 455. The predicted octanol–water partition coefficient (Wildman–Crippen LogP) is 4.03. The average molecular weight is 401 g/mol. The van der Waals surface area contributed by atoms with Gasteiger partial charge in [-0.25, -0.2) is 0 Å². The summed E-state index contributed by atoms with van der Waals surface area (Å²) in [6.45, 7) is 8.29. The molecule has 0 spiro atoms. The molecule has 4 heteroatoms. The van der Waals surface area contributed by atoms with Crippen LogP contribution in [0.4, 0.5) is 0 Å². The van der Waals surface area contributed by atoms with Crippen LogP contribution < -0.4 is 10.6 Å². The highest BCUT2D eigenvalue weighted by molar-refractivity contribution is 14.0. The van der Waals surface area contributed by atoms with Gasteiger partial charge in [0.05, 0.1) is 6.04 Å². The third-order valence-corrected chi connectivity index (χ3v) is 3.86. The van der Waals surface area contributed by atoms with Crippen molar-refractivity contribution >= 4 is 29.9 Å². The molecule has 0 aliphatic heterocycles. The molecule has 1 aromatic rings. The van der Waals surface area contributed by atoms with Crippen molar-refractivity contribution in [1.82, 2.24) is 10.6 Å². The van der Waals surface area contributed by atoms with Crippen LogP contribution in [-0.2, 0) is 0 Å². The van der Waals surface area contributed by atoms with Crippen molar-refractivity contribution in [2.45, 2.75) is 46.1 Å². The molecule has 2 N–H and O–H groups in total. The minimum absolute atomic E-state index is 0. The molecule has 1 atom stereocenters. The van der Waals surface area contributed by atoms with Gasteiger partial charge in [-0.05, 0) is 44.2 Å². The minimum atomic E-state index is 0. The highest BCUT2D eigenvalue weighted by Gasteiger charge is 2.20. The maximum Gasteiger partial charge on any atom is 0.191 e. The van der Waals surface area contributed by atoms with Gasteiger partial charge < -0.3 is 10.6 Å². The van der Waals surface area contributed by atoms with Crippen LogP contribution in [0.2, 0.25) is 0 Å². The molecule has 0 amide bonds. The van der Waals surface area contributed by atoms with Crippen molar-refractivity contribution in [1.29, 1.82) is 0 Å². The number of nitrogens with one attached hydrogen (secondary N) is 2. The summed E-state index contributed by atoms with van der Waals surface area (Å²) in [5, 5.41) is 6.84. The van der Waals surface area contributed by atoms with E-state index in [2.05, 4.69) is 60.7 Å². The van der Waals surface area contributed by atoms with E-state index >= 15 is 0 Å². The van der Waals surface area contributed by atoms with Crippen molar-refractivity contribution in [3.8, 4) is 0 Å². The summed E-state index contributed by atoms with van der Waals surface area (Å²) in [4.78, 5) is 4.68. The van der Waals surface area contributed by atoms with Crippen LogP contribution >= 0.6 is 24.0 Å². The third-order valence-electron chi connectivity index (χ3n) is 3.86. The van der Waals surface area contributed by atoms with Crippen LogP contribution in [0.3, 0.4) is 0 Å². The van der Waals surface area contributed by atoms with Crippen molar-refractivity contribution in [3.05, 3.63) is 35.4 Å². The maximum atomic E-state index is 4.68. The monoisotopic (exact) mass is 401 g/mol. The number of halogens is 1. The lowest BCUT2D eigenvalue weighted by Crippen LogP contribution is -2.39. The van der Waals surface area contributed by atoms with Crippen LogP contribution in [-0.4, -0.2) is 19.0 Å². The number of hydrogen-bond acceptors (Lipinski definition) is 1. The molecule has 0 saturated heterocycles. The van der Waals surface area contributed by atoms with Gasteiger partial charge in [0.15, 0.2) is 5.96 Å². The van der Waals surface area contributed by atoms with E-state index in [9.17, 15) is 0 Å². The Hall–Kier alpha value is -0.780. The fourth-order valence-electron chi connectivity index (χ4n) is 2.44. The van der Waals surface area contributed by atoms with E-state index in [-0.39, 0.29) is 30.0 Å². The summed E-state index contributed by atoms with van der Waals surface area (Å²) in [7, 11) is 0. The number of aliphatic imine (C=N–C) groups is 1. The molecular formula is C17H28IN3. The van der Waals surface area contributed by atoms with Gasteiger partial charge in [-0.15, -0.1) is 24.0 Å². The summed E-state index contributed by atoms with van der Waals surface area (Å²) in [5.74, 6) is 1.87. The first-order valence-electron chi connectivity index (χ1n) is 7.81. The fourth-order valence-corrected chi connectivity index (χ4v) is 2.44. The van der Waals surface area contributed by atoms with Crippen molar-refractivity contribution in [3.63, 3.8) is 0 Å². The Kier molecular flexibility index (Phi) is 8.07. The molecule has 0 radical (unpaired) electrons. The van der Waals surface area contributed by atoms with E-state index in [0.29, 0.717) is 0 Å². The lowest BCUT2D eigenvalue weighted by atomic mass is 10.0. The SMILES string of the molecule is CCNC(=NCCC1CC1)NC(C)c1ccccc1C.I. The normalized spacial score (nSPS) is 16.0. The van der Waals surface area contributed by atoms with Crippen molar-refractivity contribution < 1.29 is 0 Å². The number of aryl methyl sites for hydroxylation is 1. The zero-order valence-electron chi connectivity index (χ0n) is 13.4. The number of hydrogen-bond donors (Lipinski definition) is 2. The van der Waals surface area contributed by atoms with Gasteiger partial charge in [0.2, 0.25) is 0 Å². The smallest absolute Gasteiger partial charge is 0.191 e. The first kappa shape index (κ1) is 18.3. The number of nitrogens with zero attached hydrogens (tertiary/aromatic N) is 1. The zero-order chi connectivity index (χ0) is 14.4. The van der Waals surface area contributed by atoms with Gasteiger partial charge in [0.25, 0.3) is 0 Å². The zero-order valence-corrected chi connectivity index (χ0v) is 15.7. The fraction of sp³-hybridized carbons (Fsp3) is 0.588. The van der Waals surface area contributed by atoms with Gasteiger partial charge in [0.1, 0.15) is 0 Å². The maximum absolute atomic E-state index is 4.68. The van der Waals surface area contributed by atoms with Crippen molar-refractivity contribution in [2.24, 2.45) is 10.9 Å². The molecule has 1 fully saturated rings. The summed E-state index contributed by atoms with van der Waals surface area (Å²) >= 11 is 0. The largest absolute Gasteiger partial charge is 0.357 e. The van der Waals surface area contributed by atoms with E-state index in [4.69, 9.17) is 0 Å². The summed E-state index contributed by atoms with van der Waals surface area (Å²) in [6, 6.07) is 8.79. The Morgan fingerprint density at radius 3 is 2.67 bits per heavy atom. The number of guanidine groups is 1. The summed E-state index contributed by atoms with van der Waals surface area (Å²) in [5.41, 5.74) is 2.65. The van der Waals surface area contributed by atoms with Gasteiger partial charge in [-0.3, -0.25) is 4.99 Å². The first-order valence-corrected chi connectivity index (χ1v) is 7.81. The highest BCUT2D eigenvalue weighted by Crippen LogP contribution is 2.32. The van der Waals surface area contributed by atoms with Crippen LogP contribution in [0, 0.1) is 12.8 Å². The van der Waals surface area contributed by atoms with Crippen LogP contribution in [0.1, 0.15) is 50.3 Å². The van der Waals surface area contributed by atoms with E-state index in [1.165, 1.54) is 30.4 Å². The van der Waals surface area contributed by atoms with Crippen LogP contribution in [0.25, 0.3) is 0 Å². The second-order valence-electron chi connectivity index (χ2n) is 5.72. The Morgan fingerprint density at radius 2 is 2.05 bits per heavy atom. The van der Waals surface area contributed by atoms with Crippen LogP contribution in [0.15, 0.2) is 29.3 Å². The van der Waals surface area contributed by atoms with Gasteiger partial charge in [0, 0.05) is 13.1 Å². The second kappa shape index (κ2) is 9.28. The average Bonchev–Trinajstić information content (AvgIpc) is 3.23. The minimum Gasteiger partial charge on any atom is -0.357 e. The Morgan fingerprint density at radius 1 is 1.33 bits per heavy atom. The summed E-state index contributed by atoms with van der Waals surface area (Å²) in [6.07, 6.45) is 4.04. The molecule has 118 valence electrons. The number of rotatable bonds is 6. The predicted molar refractivity (Wildman–Crippen MR) is 101 cm³/mol. The molecule has 1 aromatic carbocycles. The quantitative estimate of drug-likeness (QED) is 0.429.